The van der Waals surface area contributed by atoms with Crippen LogP contribution in [0, 0.1) is 12.8 Å². The van der Waals surface area contributed by atoms with E-state index in [4.69, 9.17) is 14.8 Å². The maximum atomic E-state index is 6.74. The van der Waals surface area contributed by atoms with Crippen molar-refractivity contribution in [1.82, 2.24) is 19.3 Å². The molecule has 3 aromatic carbocycles. The molecule has 5 nitrogen and oxygen atoms in total. The topological polar surface area (TPSA) is 44.9 Å². The first-order valence-corrected chi connectivity index (χ1v) is 18.1. The molecule has 0 N–H and O–H groups in total. The third-order valence-corrected chi connectivity index (χ3v) is 10.4. The van der Waals surface area contributed by atoms with Gasteiger partial charge in [-0.05, 0) is 105 Å². The maximum absolute atomic E-state index is 6.74. The Labute approximate surface area is 285 Å². The Morgan fingerprint density at radius 1 is 0.792 bits per heavy atom. The smallest absolute Gasteiger partial charge is 0.137 e. The highest BCUT2D eigenvalue weighted by Crippen LogP contribution is 2.45. The Kier molecular flexibility index (Phi) is 8.96. The maximum Gasteiger partial charge on any atom is 0.137 e. The number of fused-ring (bicyclic) bond motifs is 3. The van der Waals surface area contributed by atoms with Crippen LogP contribution >= 0.6 is 0 Å². The minimum Gasteiger partial charge on any atom is -0.457 e. The molecule has 0 aliphatic heterocycles. The molecule has 1 aliphatic rings. The van der Waals surface area contributed by atoms with Gasteiger partial charge in [-0.2, -0.15) is 5.10 Å². The largest absolute Gasteiger partial charge is 0.457 e. The molecule has 246 valence electrons. The van der Waals surface area contributed by atoms with E-state index in [9.17, 15) is 0 Å². The number of rotatable bonds is 10. The SMILES string of the molecule is CCC1=CCC[C@H](CC)[C@@H]1c1c(CC)nn(-c2cc(CC)cc(Oc3ccc4c5ccccc5n(-c5cc(C)ccn5)c4c3)c2)c1CC. The molecule has 5 heteroatoms. The summed E-state index contributed by atoms with van der Waals surface area (Å²) in [6.07, 6.45) is 11.9. The molecular formula is C43H48N4O. The van der Waals surface area contributed by atoms with Gasteiger partial charge >= 0.3 is 0 Å². The third-order valence-electron chi connectivity index (χ3n) is 10.4. The lowest BCUT2D eigenvalue weighted by atomic mass is 9.71. The molecule has 6 aromatic rings. The fourth-order valence-corrected chi connectivity index (χ4v) is 8.06. The minimum atomic E-state index is 0.457. The van der Waals surface area contributed by atoms with Crippen LogP contribution in [0.5, 0.6) is 11.5 Å². The highest BCUT2D eigenvalue weighted by atomic mass is 16.5. The van der Waals surface area contributed by atoms with Crippen molar-refractivity contribution in [1.29, 1.82) is 0 Å². The van der Waals surface area contributed by atoms with Crippen molar-refractivity contribution < 1.29 is 4.74 Å². The predicted molar refractivity (Wildman–Crippen MR) is 199 cm³/mol. The zero-order valence-electron chi connectivity index (χ0n) is 29.4. The van der Waals surface area contributed by atoms with Crippen LogP contribution in [0.25, 0.3) is 33.3 Å². The Morgan fingerprint density at radius 2 is 1.62 bits per heavy atom. The zero-order chi connectivity index (χ0) is 33.4. The fourth-order valence-electron chi connectivity index (χ4n) is 8.06. The summed E-state index contributed by atoms with van der Waals surface area (Å²) in [5.74, 6) is 3.66. The summed E-state index contributed by atoms with van der Waals surface area (Å²) < 4.78 is 11.2. The van der Waals surface area contributed by atoms with E-state index in [0.29, 0.717) is 11.8 Å². The van der Waals surface area contributed by atoms with E-state index >= 15 is 0 Å². The van der Waals surface area contributed by atoms with Gasteiger partial charge in [0, 0.05) is 46.3 Å². The number of ether oxygens (including phenoxy) is 1. The van der Waals surface area contributed by atoms with Gasteiger partial charge in [0.2, 0.25) is 0 Å². The summed E-state index contributed by atoms with van der Waals surface area (Å²) in [4.78, 5) is 4.76. The Bertz CT molecular complexity index is 2130. The van der Waals surface area contributed by atoms with Crippen molar-refractivity contribution >= 4 is 21.8 Å². The van der Waals surface area contributed by atoms with Gasteiger partial charge in [-0.3, -0.25) is 4.57 Å². The second kappa shape index (κ2) is 13.5. The molecular weight excluding hydrogens is 589 g/mol. The average molecular weight is 637 g/mol. The Morgan fingerprint density at radius 3 is 2.38 bits per heavy atom. The molecule has 0 saturated heterocycles. The van der Waals surface area contributed by atoms with Gasteiger partial charge in [0.1, 0.15) is 17.3 Å². The quantitative estimate of drug-likeness (QED) is 0.141. The fraction of sp³-hybridized carbons (Fsp3) is 0.349. The van der Waals surface area contributed by atoms with Crippen LogP contribution in [0.15, 0.2) is 90.6 Å². The van der Waals surface area contributed by atoms with Gasteiger partial charge in [0.25, 0.3) is 0 Å². The average Bonchev–Trinajstić information content (AvgIpc) is 3.66. The summed E-state index contributed by atoms with van der Waals surface area (Å²) in [6.45, 7) is 13.5. The van der Waals surface area contributed by atoms with Gasteiger partial charge in [0.05, 0.1) is 22.4 Å². The number of nitrogens with zero attached hydrogens (tertiary/aromatic N) is 4. The number of benzene rings is 3. The van der Waals surface area contributed by atoms with E-state index in [2.05, 4.69) is 124 Å². The number of pyridine rings is 1. The van der Waals surface area contributed by atoms with Crippen LogP contribution in [0.3, 0.4) is 0 Å². The standard InChI is InChI=1S/C43H48N4O/c1-7-29-24-32(47-38(11-5)43(37(10-4)45-47)42-30(8-2)15-14-16-31(42)9-3)26-34(25-29)48-33-19-20-36-35-17-12-13-18-39(35)46(40(36)27-33)41-23-28(6)21-22-44-41/h12-13,15,17-27,31,42H,7-11,14,16H2,1-6H3/t31-,42+/m0/s1. The first-order chi connectivity index (χ1) is 23.5. The van der Waals surface area contributed by atoms with Gasteiger partial charge in [0.15, 0.2) is 0 Å². The Hall–Kier alpha value is -4.64. The van der Waals surface area contributed by atoms with E-state index in [0.717, 1.165) is 59.7 Å². The zero-order valence-corrected chi connectivity index (χ0v) is 29.4. The highest BCUT2D eigenvalue weighted by molar-refractivity contribution is 6.09. The molecule has 7 rings (SSSR count). The monoisotopic (exact) mass is 636 g/mol. The van der Waals surface area contributed by atoms with Gasteiger partial charge in [-0.1, -0.05) is 70.9 Å². The van der Waals surface area contributed by atoms with E-state index in [1.807, 2.05) is 12.3 Å². The van der Waals surface area contributed by atoms with Crippen molar-refractivity contribution in [2.45, 2.75) is 92.4 Å². The van der Waals surface area contributed by atoms with Crippen LogP contribution in [-0.4, -0.2) is 19.3 Å². The van der Waals surface area contributed by atoms with Gasteiger partial charge in [-0.25, -0.2) is 9.67 Å². The lowest BCUT2D eigenvalue weighted by Gasteiger charge is -2.33. The number of para-hydroxylation sites is 1. The number of hydrogen-bond donors (Lipinski definition) is 0. The summed E-state index contributed by atoms with van der Waals surface area (Å²) in [7, 11) is 0. The summed E-state index contributed by atoms with van der Waals surface area (Å²) >= 11 is 0. The van der Waals surface area contributed by atoms with Crippen molar-refractivity contribution in [3.05, 3.63) is 119 Å². The normalized spacial score (nSPS) is 16.5. The molecule has 2 atom stereocenters. The molecule has 0 bridgehead atoms. The lowest BCUT2D eigenvalue weighted by Crippen LogP contribution is -2.20. The van der Waals surface area contributed by atoms with Crippen LogP contribution < -0.4 is 4.74 Å². The molecule has 48 heavy (non-hydrogen) atoms. The first kappa shape index (κ1) is 31.9. The molecule has 0 saturated carbocycles. The number of allylic oxidation sites excluding steroid dienone is 2. The van der Waals surface area contributed by atoms with Crippen LogP contribution in [0.1, 0.15) is 94.3 Å². The summed E-state index contributed by atoms with van der Waals surface area (Å²) in [5.41, 5.74) is 11.4. The van der Waals surface area contributed by atoms with Crippen molar-refractivity contribution in [3.8, 4) is 23.0 Å². The molecule has 1 aliphatic carbocycles. The van der Waals surface area contributed by atoms with E-state index in [-0.39, 0.29) is 0 Å². The number of hydrogen-bond acceptors (Lipinski definition) is 3. The highest BCUT2D eigenvalue weighted by Gasteiger charge is 2.33. The van der Waals surface area contributed by atoms with Crippen LogP contribution in [-0.2, 0) is 19.3 Å². The van der Waals surface area contributed by atoms with Crippen LogP contribution in [0.4, 0.5) is 0 Å². The van der Waals surface area contributed by atoms with Crippen LogP contribution in [0.2, 0.25) is 0 Å². The summed E-state index contributed by atoms with van der Waals surface area (Å²) in [5, 5.41) is 7.73. The predicted octanol–water partition coefficient (Wildman–Crippen LogP) is 11.4. The lowest BCUT2D eigenvalue weighted by molar-refractivity contribution is 0.392. The molecule has 0 unspecified atom stereocenters. The van der Waals surface area contributed by atoms with Crippen molar-refractivity contribution in [2.75, 3.05) is 0 Å². The van der Waals surface area contributed by atoms with Gasteiger partial charge in [-0.15, -0.1) is 0 Å². The van der Waals surface area contributed by atoms with E-state index in [1.54, 1.807) is 5.57 Å². The first-order valence-electron chi connectivity index (χ1n) is 18.1. The minimum absolute atomic E-state index is 0.457. The third kappa shape index (κ3) is 5.63. The van der Waals surface area contributed by atoms with E-state index in [1.165, 1.54) is 58.1 Å². The molecule has 0 fully saturated rings. The van der Waals surface area contributed by atoms with E-state index < -0.39 is 0 Å². The molecule has 0 radical (unpaired) electrons. The number of aryl methyl sites for hydroxylation is 3. The molecule has 0 spiro atoms. The van der Waals surface area contributed by atoms with Gasteiger partial charge < -0.3 is 4.74 Å². The molecule has 3 heterocycles. The second-order valence-electron chi connectivity index (χ2n) is 13.3. The summed E-state index contributed by atoms with van der Waals surface area (Å²) in [6, 6.07) is 25.8. The van der Waals surface area contributed by atoms with Crippen molar-refractivity contribution in [3.63, 3.8) is 0 Å². The Balaban J connectivity index is 1.33. The second-order valence-corrected chi connectivity index (χ2v) is 13.3. The molecule has 0 amide bonds. The molecule has 3 aromatic heterocycles. The van der Waals surface area contributed by atoms with Crippen molar-refractivity contribution in [2.24, 2.45) is 5.92 Å². The number of aromatic nitrogens is 4.